The Labute approximate surface area is 158 Å². The van der Waals surface area contributed by atoms with E-state index in [1.54, 1.807) is 32.0 Å². The van der Waals surface area contributed by atoms with E-state index in [1.807, 2.05) is 30.3 Å². The van der Waals surface area contributed by atoms with E-state index in [4.69, 9.17) is 14.2 Å². The molecule has 0 atom stereocenters. The van der Waals surface area contributed by atoms with Gasteiger partial charge in [-0.05, 0) is 30.3 Å². The van der Waals surface area contributed by atoms with Gasteiger partial charge in [0.1, 0.15) is 0 Å². The van der Waals surface area contributed by atoms with Gasteiger partial charge in [0.05, 0.1) is 21.3 Å². The van der Waals surface area contributed by atoms with Gasteiger partial charge in [0.2, 0.25) is 0 Å². The molecular formula is C20H23NO4S. The molecule has 138 valence electrons. The summed E-state index contributed by atoms with van der Waals surface area (Å²) < 4.78 is 15.4. The van der Waals surface area contributed by atoms with Gasteiger partial charge in [-0.15, -0.1) is 11.8 Å². The van der Waals surface area contributed by atoms with E-state index >= 15 is 0 Å². The highest BCUT2D eigenvalue weighted by atomic mass is 32.2. The van der Waals surface area contributed by atoms with E-state index < -0.39 is 5.97 Å². The van der Waals surface area contributed by atoms with Crippen LogP contribution in [-0.4, -0.2) is 39.6 Å². The molecule has 2 aromatic carbocycles. The maximum atomic E-state index is 11.7. The molecule has 0 radical (unpaired) electrons. The van der Waals surface area contributed by atoms with Crippen LogP contribution in [0.5, 0.6) is 11.5 Å². The van der Waals surface area contributed by atoms with E-state index in [-0.39, 0.29) is 0 Å². The van der Waals surface area contributed by atoms with Crippen molar-refractivity contribution in [3.05, 3.63) is 60.2 Å². The predicted octanol–water partition coefficient (Wildman–Crippen LogP) is 3.60. The first-order chi connectivity index (χ1) is 12.7. The van der Waals surface area contributed by atoms with Gasteiger partial charge >= 0.3 is 5.97 Å². The standard InChI is InChI=1S/C20H23NO4S/c1-23-18-10-9-15(13-19(18)24-2)17(14-20(22)25-3)21-11-12-26-16-7-5-4-6-8-16/h4-10,13-14,21H,11-12H2,1-3H3/b17-14-. The first kappa shape index (κ1) is 19.7. The second-order valence-corrected chi connectivity index (χ2v) is 6.41. The van der Waals surface area contributed by atoms with Crippen molar-refractivity contribution in [3.63, 3.8) is 0 Å². The average Bonchev–Trinajstić information content (AvgIpc) is 2.70. The van der Waals surface area contributed by atoms with Gasteiger partial charge < -0.3 is 19.5 Å². The van der Waals surface area contributed by atoms with Crippen LogP contribution in [-0.2, 0) is 9.53 Å². The SMILES string of the molecule is COC(=O)/C=C(\NCCSc1ccccc1)c1ccc(OC)c(OC)c1. The lowest BCUT2D eigenvalue weighted by molar-refractivity contribution is -0.134. The third-order valence-electron chi connectivity index (χ3n) is 3.59. The van der Waals surface area contributed by atoms with Crippen molar-refractivity contribution in [2.75, 3.05) is 33.6 Å². The normalized spacial score (nSPS) is 11.0. The van der Waals surface area contributed by atoms with Crippen LogP contribution in [0.4, 0.5) is 0 Å². The molecule has 0 bridgehead atoms. The lowest BCUT2D eigenvalue weighted by Crippen LogP contribution is -2.17. The number of nitrogens with one attached hydrogen (secondary N) is 1. The van der Waals surface area contributed by atoms with Crippen LogP contribution >= 0.6 is 11.8 Å². The number of hydrogen-bond acceptors (Lipinski definition) is 6. The van der Waals surface area contributed by atoms with Crippen molar-refractivity contribution in [2.45, 2.75) is 4.90 Å². The van der Waals surface area contributed by atoms with Gasteiger partial charge in [-0.3, -0.25) is 0 Å². The fourth-order valence-electron chi connectivity index (χ4n) is 2.29. The number of hydrogen-bond donors (Lipinski definition) is 1. The summed E-state index contributed by atoms with van der Waals surface area (Å²) in [5.74, 6) is 1.67. The summed E-state index contributed by atoms with van der Waals surface area (Å²) in [5.41, 5.74) is 1.49. The van der Waals surface area contributed by atoms with Gasteiger partial charge in [-0.25, -0.2) is 4.79 Å². The van der Waals surface area contributed by atoms with E-state index in [0.29, 0.717) is 23.7 Å². The highest BCUT2D eigenvalue weighted by Crippen LogP contribution is 2.29. The molecule has 5 nitrogen and oxygen atoms in total. The molecule has 0 spiro atoms. The van der Waals surface area contributed by atoms with Crippen molar-refractivity contribution in [2.24, 2.45) is 0 Å². The molecule has 6 heteroatoms. The lowest BCUT2D eigenvalue weighted by Gasteiger charge is -2.14. The summed E-state index contributed by atoms with van der Waals surface area (Å²) in [6, 6.07) is 15.7. The molecule has 0 saturated carbocycles. The summed E-state index contributed by atoms with van der Waals surface area (Å²) in [6.45, 7) is 0.691. The summed E-state index contributed by atoms with van der Waals surface area (Å²) in [7, 11) is 4.52. The molecule has 0 aliphatic rings. The van der Waals surface area contributed by atoms with Crippen LogP contribution in [0.15, 0.2) is 59.5 Å². The first-order valence-electron chi connectivity index (χ1n) is 8.11. The topological polar surface area (TPSA) is 56.8 Å². The zero-order valence-corrected chi connectivity index (χ0v) is 16.0. The van der Waals surface area contributed by atoms with Crippen LogP contribution in [0.3, 0.4) is 0 Å². The number of thioether (sulfide) groups is 1. The number of rotatable bonds is 9. The predicted molar refractivity (Wildman–Crippen MR) is 105 cm³/mol. The number of benzene rings is 2. The minimum atomic E-state index is -0.419. The Balaban J connectivity index is 2.09. The Bertz CT molecular complexity index is 747. The Morgan fingerprint density at radius 1 is 1.04 bits per heavy atom. The molecule has 2 aromatic rings. The fourth-order valence-corrected chi connectivity index (χ4v) is 3.08. The van der Waals surface area contributed by atoms with Crippen LogP contribution in [0.25, 0.3) is 5.70 Å². The molecule has 0 aromatic heterocycles. The second kappa shape index (κ2) is 10.4. The van der Waals surface area contributed by atoms with Crippen molar-refractivity contribution >= 4 is 23.4 Å². The molecule has 0 aliphatic carbocycles. The summed E-state index contributed by atoms with van der Waals surface area (Å²) in [4.78, 5) is 12.9. The van der Waals surface area contributed by atoms with Crippen LogP contribution in [0, 0.1) is 0 Å². The minimum absolute atomic E-state index is 0.419. The molecule has 0 saturated heterocycles. The van der Waals surface area contributed by atoms with Crippen LogP contribution in [0.2, 0.25) is 0 Å². The molecular weight excluding hydrogens is 350 g/mol. The van der Waals surface area contributed by atoms with Gasteiger partial charge in [0.15, 0.2) is 11.5 Å². The molecule has 0 heterocycles. The Hall–Kier alpha value is -2.60. The third-order valence-corrected chi connectivity index (χ3v) is 4.60. The number of methoxy groups -OCH3 is 3. The van der Waals surface area contributed by atoms with Crippen molar-refractivity contribution in [1.29, 1.82) is 0 Å². The highest BCUT2D eigenvalue weighted by Gasteiger charge is 2.10. The minimum Gasteiger partial charge on any atom is -0.493 e. The Kier molecular flexibility index (Phi) is 7.89. The number of carbonyl (C=O) groups is 1. The molecule has 0 unspecified atom stereocenters. The number of carbonyl (C=O) groups excluding carboxylic acids is 1. The zero-order chi connectivity index (χ0) is 18.8. The maximum Gasteiger partial charge on any atom is 0.332 e. The molecule has 2 rings (SSSR count). The monoisotopic (exact) mass is 373 g/mol. The molecule has 1 N–H and O–H groups in total. The fraction of sp³-hybridized carbons (Fsp3) is 0.250. The maximum absolute atomic E-state index is 11.7. The van der Waals surface area contributed by atoms with Crippen LogP contribution < -0.4 is 14.8 Å². The molecule has 0 fully saturated rings. The summed E-state index contributed by atoms with van der Waals surface area (Å²) in [5, 5.41) is 3.30. The Morgan fingerprint density at radius 3 is 2.42 bits per heavy atom. The van der Waals surface area contributed by atoms with Crippen molar-refractivity contribution in [3.8, 4) is 11.5 Å². The van der Waals surface area contributed by atoms with Crippen molar-refractivity contribution < 1.29 is 19.0 Å². The number of esters is 1. The quantitative estimate of drug-likeness (QED) is 0.314. The zero-order valence-electron chi connectivity index (χ0n) is 15.2. The highest BCUT2D eigenvalue weighted by molar-refractivity contribution is 7.99. The third kappa shape index (κ3) is 5.74. The molecule has 0 aliphatic heterocycles. The lowest BCUT2D eigenvalue weighted by atomic mass is 10.1. The number of ether oxygens (including phenoxy) is 3. The summed E-state index contributed by atoms with van der Waals surface area (Å²) >= 11 is 1.75. The van der Waals surface area contributed by atoms with Gasteiger partial charge in [0.25, 0.3) is 0 Å². The summed E-state index contributed by atoms with van der Waals surface area (Å²) in [6.07, 6.45) is 1.44. The average molecular weight is 373 g/mol. The van der Waals surface area contributed by atoms with E-state index in [0.717, 1.165) is 11.3 Å². The molecule has 26 heavy (non-hydrogen) atoms. The van der Waals surface area contributed by atoms with Gasteiger partial charge in [0, 0.05) is 34.5 Å². The van der Waals surface area contributed by atoms with Crippen LogP contribution in [0.1, 0.15) is 5.56 Å². The largest absolute Gasteiger partial charge is 0.493 e. The van der Waals surface area contributed by atoms with E-state index in [1.165, 1.54) is 18.1 Å². The van der Waals surface area contributed by atoms with Crippen molar-refractivity contribution in [1.82, 2.24) is 5.32 Å². The van der Waals surface area contributed by atoms with E-state index in [9.17, 15) is 4.79 Å². The molecule has 0 amide bonds. The second-order valence-electron chi connectivity index (χ2n) is 5.24. The van der Waals surface area contributed by atoms with Gasteiger partial charge in [-0.1, -0.05) is 18.2 Å². The smallest absolute Gasteiger partial charge is 0.332 e. The first-order valence-corrected chi connectivity index (χ1v) is 9.10. The van der Waals surface area contributed by atoms with E-state index in [2.05, 4.69) is 17.4 Å². The Morgan fingerprint density at radius 2 is 1.77 bits per heavy atom. The van der Waals surface area contributed by atoms with Gasteiger partial charge in [-0.2, -0.15) is 0 Å².